The third kappa shape index (κ3) is 6.21. The number of thioether (sulfide) groups is 1. The topological polar surface area (TPSA) is 71.3 Å². The average Bonchev–Trinajstić information content (AvgIpc) is 3.33. The van der Waals surface area contributed by atoms with Crippen molar-refractivity contribution >= 4 is 63.6 Å². The number of imidazole rings is 1. The van der Waals surface area contributed by atoms with Crippen LogP contribution in [-0.4, -0.2) is 27.3 Å². The number of fused-ring (bicyclic) bond motifs is 3. The highest BCUT2D eigenvalue weighted by atomic mass is 32.2. The van der Waals surface area contributed by atoms with Gasteiger partial charge in [0.2, 0.25) is 0 Å². The summed E-state index contributed by atoms with van der Waals surface area (Å²) in [7, 11) is 0. The molecule has 39 heavy (non-hydrogen) atoms. The number of alkyl halides is 3. The van der Waals surface area contributed by atoms with Gasteiger partial charge in [-0.15, -0.1) is 0 Å². The number of hydrogen-bond donors (Lipinski definition) is 2. The van der Waals surface area contributed by atoms with E-state index in [1.165, 1.54) is 12.1 Å². The molecule has 2 N–H and O–H groups in total. The third-order valence-corrected chi connectivity index (χ3v) is 7.24. The molecule has 0 atom stereocenters. The van der Waals surface area contributed by atoms with Gasteiger partial charge in [0, 0.05) is 27.9 Å². The lowest BCUT2D eigenvalue weighted by atomic mass is 10.1. The monoisotopic (exact) mass is 565 g/mol. The summed E-state index contributed by atoms with van der Waals surface area (Å²) in [5, 5.41) is 4.74. The summed E-state index contributed by atoms with van der Waals surface area (Å²) in [6.07, 6.45) is 3.32. The summed E-state index contributed by atoms with van der Waals surface area (Å²) in [4.78, 5) is 16.9. The maximum atomic E-state index is 12.6. The normalized spacial score (nSPS) is 11.9. The molecule has 0 saturated heterocycles. The molecule has 1 heterocycles. The molecule has 0 aliphatic heterocycles. The lowest BCUT2D eigenvalue weighted by Crippen LogP contribution is -2.23. The van der Waals surface area contributed by atoms with E-state index in [1.54, 1.807) is 24.7 Å². The minimum absolute atomic E-state index is 0.130. The van der Waals surface area contributed by atoms with Gasteiger partial charge in [-0.1, -0.05) is 36.4 Å². The summed E-state index contributed by atoms with van der Waals surface area (Å²) < 4.78 is 46.6. The van der Waals surface area contributed by atoms with E-state index in [9.17, 15) is 18.0 Å². The highest BCUT2D eigenvalue weighted by Gasteiger charge is 2.29. The fourth-order valence-electron chi connectivity index (χ4n) is 4.23. The summed E-state index contributed by atoms with van der Waals surface area (Å²) in [5.74, 6) is 0. The van der Waals surface area contributed by atoms with Crippen LogP contribution in [0.2, 0.25) is 0 Å². The van der Waals surface area contributed by atoms with Crippen molar-refractivity contribution in [2.75, 3.05) is 5.32 Å². The van der Waals surface area contributed by atoms with E-state index in [2.05, 4.69) is 19.4 Å². The van der Waals surface area contributed by atoms with Crippen LogP contribution in [0.15, 0.2) is 88.4 Å². The molecule has 4 aromatic carbocycles. The quantitative estimate of drug-likeness (QED) is 0.124. The van der Waals surface area contributed by atoms with Gasteiger partial charge < -0.3 is 5.32 Å². The van der Waals surface area contributed by atoms with Gasteiger partial charge in [-0.2, -0.15) is 13.2 Å². The Morgan fingerprint density at radius 3 is 2.46 bits per heavy atom. The SMILES string of the molecule is Cc1cccc(C)c1NC(=O)NSN=Cc1ccc2c(ccc3c2ncn3-c2ccc(SC(F)(F)F)cc2)c1. The number of nitrogens with zero attached hydrogens (tertiary/aromatic N) is 3. The molecule has 6 nitrogen and oxygen atoms in total. The zero-order chi connectivity index (χ0) is 27.6. The number of carbonyl (C=O) groups is 1. The van der Waals surface area contributed by atoms with Crippen LogP contribution < -0.4 is 10.0 Å². The molecule has 2 amide bonds. The van der Waals surface area contributed by atoms with E-state index in [4.69, 9.17) is 0 Å². The smallest absolute Gasteiger partial charge is 0.307 e. The number of carbonyl (C=O) groups excluding carboxylic acids is 1. The first-order valence-corrected chi connectivity index (χ1v) is 13.4. The van der Waals surface area contributed by atoms with Crippen molar-refractivity contribution in [3.05, 3.63) is 95.8 Å². The first-order chi connectivity index (χ1) is 18.7. The molecule has 0 aliphatic rings. The van der Waals surface area contributed by atoms with Crippen molar-refractivity contribution < 1.29 is 18.0 Å². The van der Waals surface area contributed by atoms with Gasteiger partial charge in [-0.25, -0.2) is 14.2 Å². The molecule has 5 rings (SSSR count). The molecule has 0 radical (unpaired) electrons. The van der Waals surface area contributed by atoms with Crippen LogP contribution in [0.1, 0.15) is 16.7 Å². The van der Waals surface area contributed by atoms with E-state index in [0.29, 0.717) is 0 Å². The van der Waals surface area contributed by atoms with Crippen LogP contribution in [0.25, 0.3) is 27.5 Å². The number of para-hydroxylation sites is 1. The number of aryl methyl sites for hydroxylation is 2. The van der Waals surface area contributed by atoms with E-state index in [-0.39, 0.29) is 22.7 Å². The Kier molecular flexibility index (Phi) is 7.53. The molecule has 0 spiro atoms. The number of hydrogen-bond acceptors (Lipinski definition) is 5. The maximum absolute atomic E-state index is 12.6. The molecule has 11 heteroatoms. The summed E-state index contributed by atoms with van der Waals surface area (Å²) in [6.45, 7) is 3.87. The highest BCUT2D eigenvalue weighted by Crippen LogP contribution is 2.37. The summed E-state index contributed by atoms with van der Waals surface area (Å²) in [6, 6.07) is 21.4. The van der Waals surface area contributed by atoms with E-state index in [1.807, 2.05) is 66.9 Å². The largest absolute Gasteiger partial charge is 0.446 e. The van der Waals surface area contributed by atoms with Crippen molar-refractivity contribution in [3.63, 3.8) is 0 Å². The van der Waals surface area contributed by atoms with Crippen LogP contribution in [0.4, 0.5) is 23.7 Å². The Hall–Kier alpha value is -3.96. The molecular formula is C28H22F3N5OS2. The molecule has 0 saturated carbocycles. The Bertz CT molecular complexity index is 1680. The fourth-order valence-corrected chi connectivity index (χ4v) is 5.13. The van der Waals surface area contributed by atoms with Crippen LogP contribution in [-0.2, 0) is 0 Å². The Morgan fingerprint density at radius 1 is 1.00 bits per heavy atom. The lowest BCUT2D eigenvalue weighted by Gasteiger charge is -2.10. The van der Waals surface area contributed by atoms with Crippen LogP contribution in [0.3, 0.4) is 0 Å². The van der Waals surface area contributed by atoms with E-state index < -0.39 is 5.51 Å². The van der Waals surface area contributed by atoms with Gasteiger partial charge in [-0.3, -0.25) is 9.29 Å². The van der Waals surface area contributed by atoms with Crippen LogP contribution >= 0.6 is 23.9 Å². The number of nitrogens with one attached hydrogen (secondary N) is 2. The zero-order valence-electron chi connectivity index (χ0n) is 20.8. The number of aromatic nitrogens is 2. The first-order valence-electron chi connectivity index (χ1n) is 11.8. The van der Waals surface area contributed by atoms with Crippen molar-refractivity contribution in [3.8, 4) is 5.69 Å². The van der Waals surface area contributed by atoms with Crippen LogP contribution in [0.5, 0.6) is 0 Å². The van der Waals surface area contributed by atoms with E-state index >= 15 is 0 Å². The van der Waals surface area contributed by atoms with Crippen molar-refractivity contribution in [2.45, 2.75) is 24.3 Å². The maximum Gasteiger partial charge on any atom is 0.446 e. The van der Waals surface area contributed by atoms with Gasteiger partial charge >= 0.3 is 11.5 Å². The minimum Gasteiger partial charge on any atom is -0.307 e. The fraction of sp³-hybridized carbons (Fsp3) is 0.107. The van der Waals surface area contributed by atoms with Gasteiger partial charge in [0.1, 0.15) is 6.33 Å². The molecule has 0 unspecified atom stereocenters. The second kappa shape index (κ2) is 11.0. The van der Waals surface area contributed by atoms with Gasteiger partial charge in [0.15, 0.2) is 0 Å². The van der Waals surface area contributed by atoms with Gasteiger partial charge in [-0.05, 0) is 84.1 Å². The lowest BCUT2D eigenvalue weighted by molar-refractivity contribution is -0.0328. The van der Waals surface area contributed by atoms with Gasteiger partial charge in [0.25, 0.3) is 0 Å². The van der Waals surface area contributed by atoms with Crippen molar-refractivity contribution in [2.24, 2.45) is 4.40 Å². The second-order valence-electron chi connectivity index (χ2n) is 8.72. The van der Waals surface area contributed by atoms with Gasteiger partial charge in [0.05, 0.1) is 23.2 Å². The number of benzene rings is 4. The summed E-state index contributed by atoms with van der Waals surface area (Å²) in [5.41, 5.74) is 1.61. The highest BCUT2D eigenvalue weighted by molar-refractivity contribution is 8.00. The molecule has 198 valence electrons. The third-order valence-electron chi connectivity index (χ3n) is 6.02. The predicted octanol–water partition coefficient (Wildman–Crippen LogP) is 8.21. The minimum atomic E-state index is -4.32. The molecule has 0 bridgehead atoms. The predicted molar refractivity (Wildman–Crippen MR) is 154 cm³/mol. The number of rotatable bonds is 6. The zero-order valence-corrected chi connectivity index (χ0v) is 22.4. The van der Waals surface area contributed by atoms with Crippen molar-refractivity contribution in [1.82, 2.24) is 14.3 Å². The number of urea groups is 1. The molecule has 0 fully saturated rings. The number of anilines is 1. The first kappa shape index (κ1) is 26.6. The van der Waals surface area contributed by atoms with Crippen molar-refractivity contribution in [1.29, 1.82) is 0 Å². The van der Waals surface area contributed by atoms with E-state index in [0.717, 1.165) is 62.0 Å². The Morgan fingerprint density at radius 2 is 1.74 bits per heavy atom. The molecular weight excluding hydrogens is 543 g/mol. The molecule has 1 aromatic heterocycles. The molecule has 5 aromatic rings. The standard InChI is InChI=1S/C28H22F3N5OS2/c1-17-4-3-5-18(2)25(17)34-27(37)35-39-33-15-19-6-12-23-20(14-19)7-13-24-26(23)32-16-36(24)21-8-10-22(11-9-21)38-28(29,30)31/h3-16H,1-2H3,(H2,34,35,37). The molecule has 0 aliphatic carbocycles. The second-order valence-corrected chi connectivity index (χ2v) is 10.5. The average molecular weight is 566 g/mol. The summed E-state index contributed by atoms with van der Waals surface area (Å²) >= 11 is 0.790. The number of halogens is 3. The Balaban J connectivity index is 1.27. The number of amides is 2. The Labute approximate surface area is 231 Å². The van der Waals surface area contributed by atoms with Crippen LogP contribution in [0, 0.1) is 13.8 Å².